The molecule has 1 N–H and O–H groups in total. The summed E-state index contributed by atoms with van der Waals surface area (Å²) in [5.74, 6) is 0.907. The van der Waals surface area contributed by atoms with Gasteiger partial charge in [0.1, 0.15) is 5.82 Å². The molecule has 16 heavy (non-hydrogen) atoms. The minimum atomic E-state index is 0.802. The van der Waals surface area contributed by atoms with Crippen molar-refractivity contribution in [2.75, 3.05) is 5.32 Å². The van der Waals surface area contributed by atoms with Crippen LogP contribution in [-0.2, 0) is 13.6 Å². The number of benzene rings is 1. The summed E-state index contributed by atoms with van der Waals surface area (Å²) in [5.41, 5.74) is 2.56. The maximum absolute atomic E-state index is 4.27. The lowest BCUT2D eigenvalue weighted by Gasteiger charge is -2.07. The summed E-state index contributed by atoms with van der Waals surface area (Å²) in [6.07, 6.45) is 1.93. The second-order valence-corrected chi connectivity index (χ2v) is 4.71. The van der Waals surface area contributed by atoms with Gasteiger partial charge in [0.2, 0.25) is 0 Å². The van der Waals surface area contributed by atoms with Crippen LogP contribution in [0.15, 0.2) is 34.9 Å². The first-order chi connectivity index (χ1) is 7.65. The topological polar surface area (TPSA) is 29.9 Å². The number of hydrogen-bond donors (Lipinski definition) is 1. The van der Waals surface area contributed by atoms with Crippen molar-refractivity contribution in [3.63, 3.8) is 0 Å². The van der Waals surface area contributed by atoms with Crippen molar-refractivity contribution in [3.8, 4) is 0 Å². The van der Waals surface area contributed by atoms with E-state index in [0.717, 1.165) is 16.8 Å². The van der Waals surface area contributed by atoms with E-state index in [1.165, 1.54) is 11.1 Å². The summed E-state index contributed by atoms with van der Waals surface area (Å²) >= 11 is 3.46. The molecule has 0 saturated carbocycles. The summed E-state index contributed by atoms with van der Waals surface area (Å²) in [6, 6.07) is 8.27. The number of anilines is 1. The second kappa shape index (κ2) is 4.70. The Morgan fingerprint density at radius 2 is 2.19 bits per heavy atom. The normalized spacial score (nSPS) is 10.4. The van der Waals surface area contributed by atoms with Crippen molar-refractivity contribution in [2.24, 2.45) is 7.05 Å². The van der Waals surface area contributed by atoms with Crippen LogP contribution in [0.25, 0.3) is 0 Å². The van der Waals surface area contributed by atoms with Crippen LogP contribution < -0.4 is 5.32 Å². The van der Waals surface area contributed by atoms with Crippen LogP contribution in [0.2, 0.25) is 0 Å². The number of aromatic nitrogens is 2. The predicted octanol–water partition coefficient (Wildman–Crippen LogP) is 3.10. The van der Waals surface area contributed by atoms with E-state index < -0.39 is 0 Å². The average Bonchev–Trinajstić information content (AvgIpc) is 2.63. The van der Waals surface area contributed by atoms with E-state index in [1.807, 2.05) is 19.3 Å². The Hall–Kier alpha value is -1.29. The Labute approximate surface area is 104 Å². The molecule has 0 spiro atoms. The molecule has 0 radical (unpaired) electrons. The minimum Gasteiger partial charge on any atom is -0.365 e. The lowest BCUT2D eigenvalue weighted by atomic mass is 10.1. The third kappa shape index (κ3) is 2.64. The fourth-order valence-electron chi connectivity index (χ4n) is 1.55. The van der Waals surface area contributed by atoms with Crippen molar-refractivity contribution in [1.29, 1.82) is 0 Å². The molecule has 1 heterocycles. The molecule has 3 nitrogen and oxygen atoms in total. The van der Waals surface area contributed by atoms with Crippen LogP contribution in [0, 0.1) is 6.92 Å². The van der Waals surface area contributed by atoms with Gasteiger partial charge in [-0.3, -0.25) is 4.68 Å². The lowest BCUT2D eigenvalue weighted by Crippen LogP contribution is -2.02. The van der Waals surface area contributed by atoms with Crippen LogP contribution in [0.3, 0.4) is 0 Å². The molecule has 0 aliphatic heterocycles. The molecule has 0 unspecified atom stereocenters. The smallest absolute Gasteiger partial charge is 0.148 e. The molecule has 0 saturated heterocycles. The largest absolute Gasteiger partial charge is 0.365 e. The molecule has 2 rings (SSSR count). The van der Waals surface area contributed by atoms with Crippen LogP contribution in [-0.4, -0.2) is 9.78 Å². The quantitative estimate of drug-likeness (QED) is 0.936. The predicted molar refractivity (Wildman–Crippen MR) is 69.4 cm³/mol. The molecule has 1 aromatic heterocycles. The van der Waals surface area contributed by atoms with Crippen molar-refractivity contribution in [3.05, 3.63) is 46.1 Å². The molecule has 0 atom stereocenters. The summed E-state index contributed by atoms with van der Waals surface area (Å²) in [7, 11) is 1.91. The number of halogens is 1. The van der Waals surface area contributed by atoms with Gasteiger partial charge in [-0.15, -0.1) is 0 Å². The monoisotopic (exact) mass is 279 g/mol. The second-order valence-electron chi connectivity index (χ2n) is 3.80. The van der Waals surface area contributed by atoms with Crippen LogP contribution in [0.5, 0.6) is 0 Å². The summed E-state index contributed by atoms with van der Waals surface area (Å²) in [4.78, 5) is 0. The maximum atomic E-state index is 4.27. The Morgan fingerprint density at radius 1 is 1.38 bits per heavy atom. The van der Waals surface area contributed by atoms with Gasteiger partial charge < -0.3 is 5.32 Å². The fourth-order valence-corrected chi connectivity index (χ4v) is 2.03. The van der Waals surface area contributed by atoms with Crippen molar-refractivity contribution >= 4 is 21.7 Å². The van der Waals surface area contributed by atoms with E-state index >= 15 is 0 Å². The van der Waals surface area contributed by atoms with E-state index in [4.69, 9.17) is 0 Å². The Kier molecular flexibility index (Phi) is 3.29. The SMILES string of the molecule is Cc1cc(Br)ccc1CNc1ccn(C)n1. The molecule has 1 aromatic carbocycles. The van der Waals surface area contributed by atoms with Crippen molar-refractivity contribution < 1.29 is 0 Å². The van der Waals surface area contributed by atoms with E-state index in [1.54, 1.807) is 4.68 Å². The minimum absolute atomic E-state index is 0.802. The van der Waals surface area contributed by atoms with Crippen molar-refractivity contribution in [2.45, 2.75) is 13.5 Å². The molecular formula is C12H14BrN3. The van der Waals surface area contributed by atoms with E-state index in [2.05, 4.69) is 51.5 Å². The highest BCUT2D eigenvalue weighted by Gasteiger charge is 2.00. The number of nitrogens with one attached hydrogen (secondary N) is 1. The van der Waals surface area contributed by atoms with Gasteiger partial charge in [0.05, 0.1) is 0 Å². The lowest BCUT2D eigenvalue weighted by molar-refractivity contribution is 0.768. The standard InChI is InChI=1S/C12H14BrN3/c1-9-7-11(13)4-3-10(9)8-14-12-5-6-16(2)15-12/h3-7H,8H2,1-2H3,(H,14,15). The Balaban J connectivity index is 2.04. The van der Waals surface area contributed by atoms with Crippen LogP contribution >= 0.6 is 15.9 Å². The Morgan fingerprint density at radius 3 is 2.81 bits per heavy atom. The van der Waals surface area contributed by atoms with Gasteiger partial charge >= 0.3 is 0 Å². The highest BCUT2D eigenvalue weighted by Crippen LogP contribution is 2.16. The van der Waals surface area contributed by atoms with Crippen LogP contribution in [0.1, 0.15) is 11.1 Å². The van der Waals surface area contributed by atoms with Gasteiger partial charge in [-0.25, -0.2) is 0 Å². The van der Waals surface area contributed by atoms with E-state index in [-0.39, 0.29) is 0 Å². The summed E-state index contributed by atoms with van der Waals surface area (Å²) in [5, 5.41) is 7.56. The highest BCUT2D eigenvalue weighted by molar-refractivity contribution is 9.10. The van der Waals surface area contributed by atoms with E-state index in [0.29, 0.717) is 0 Å². The Bertz CT molecular complexity index is 491. The first-order valence-electron chi connectivity index (χ1n) is 5.14. The molecule has 4 heteroatoms. The highest BCUT2D eigenvalue weighted by atomic mass is 79.9. The zero-order chi connectivity index (χ0) is 11.5. The van der Waals surface area contributed by atoms with Gasteiger partial charge in [0.15, 0.2) is 0 Å². The van der Waals surface area contributed by atoms with Gasteiger partial charge in [0.25, 0.3) is 0 Å². The first-order valence-corrected chi connectivity index (χ1v) is 5.93. The zero-order valence-electron chi connectivity index (χ0n) is 9.37. The fraction of sp³-hybridized carbons (Fsp3) is 0.250. The average molecular weight is 280 g/mol. The zero-order valence-corrected chi connectivity index (χ0v) is 11.0. The van der Waals surface area contributed by atoms with E-state index in [9.17, 15) is 0 Å². The number of rotatable bonds is 3. The molecule has 84 valence electrons. The third-order valence-electron chi connectivity index (χ3n) is 2.48. The first kappa shape index (κ1) is 11.2. The number of hydrogen-bond acceptors (Lipinski definition) is 2. The summed E-state index contributed by atoms with van der Waals surface area (Å²) in [6.45, 7) is 2.91. The molecule has 0 bridgehead atoms. The van der Waals surface area contributed by atoms with Gasteiger partial charge in [0, 0.05) is 30.3 Å². The van der Waals surface area contributed by atoms with Crippen LogP contribution in [0.4, 0.5) is 5.82 Å². The molecule has 0 fully saturated rings. The number of nitrogens with zero attached hydrogens (tertiary/aromatic N) is 2. The third-order valence-corrected chi connectivity index (χ3v) is 2.97. The van der Waals surface area contributed by atoms with Gasteiger partial charge in [-0.05, 0) is 30.2 Å². The molecular weight excluding hydrogens is 266 g/mol. The molecule has 0 aliphatic carbocycles. The maximum Gasteiger partial charge on any atom is 0.148 e. The molecule has 2 aromatic rings. The molecule has 0 aliphatic rings. The van der Waals surface area contributed by atoms with Gasteiger partial charge in [-0.1, -0.05) is 22.0 Å². The summed E-state index contributed by atoms with van der Waals surface area (Å²) < 4.78 is 2.91. The number of aryl methyl sites for hydroxylation is 2. The molecule has 0 amide bonds. The van der Waals surface area contributed by atoms with Crippen molar-refractivity contribution in [1.82, 2.24) is 9.78 Å². The van der Waals surface area contributed by atoms with Gasteiger partial charge in [-0.2, -0.15) is 5.10 Å².